The Balaban J connectivity index is 2.64. The highest BCUT2D eigenvalue weighted by Crippen LogP contribution is 2.23. The van der Waals surface area contributed by atoms with Gasteiger partial charge in [0.1, 0.15) is 0 Å². The van der Waals surface area contributed by atoms with Crippen molar-refractivity contribution in [2.24, 2.45) is 11.8 Å². The smallest absolute Gasteiger partial charge is 0.0207 e. The number of halogens is 1. The number of nitrogens with one attached hydrogen (secondary N) is 1. The Morgan fingerprint density at radius 3 is 2.42 bits per heavy atom. The zero-order valence-electron chi connectivity index (χ0n) is 12.7. The van der Waals surface area contributed by atoms with Gasteiger partial charge in [-0.3, -0.25) is 0 Å². The van der Waals surface area contributed by atoms with Crippen molar-refractivity contribution in [2.75, 3.05) is 6.54 Å². The summed E-state index contributed by atoms with van der Waals surface area (Å²) in [6, 6.07) is 9.17. The first-order valence-corrected chi connectivity index (χ1v) is 8.29. The van der Waals surface area contributed by atoms with Gasteiger partial charge in [-0.25, -0.2) is 0 Å². The van der Waals surface area contributed by atoms with Crippen molar-refractivity contribution >= 4 is 15.9 Å². The molecule has 1 rings (SSSR count). The van der Waals surface area contributed by atoms with Crippen LogP contribution < -0.4 is 5.32 Å². The third kappa shape index (κ3) is 6.58. The Morgan fingerprint density at radius 1 is 1.16 bits per heavy atom. The van der Waals surface area contributed by atoms with E-state index in [2.05, 4.69) is 73.2 Å². The van der Waals surface area contributed by atoms with Crippen molar-refractivity contribution in [1.29, 1.82) is 0 Å². The van der Waals surface area contributed by atoms with Crippen LogP contribution in [0.2, 0.25) is 0 Å². The molecule has 0 bridgehead atoms. The maximum Gasteiger partial charge on any atom is 0.0207 e. The largest absolute Gasteiger partial charge is 0.314 e. The normalized spacial score (nSPS) is 14.6. The molecule has 0 aliphatic rings. The van der Waals surface area contributed by atoms with Gasteiger partial charge in [0.15, 0.2) is 0 Å². The number of hydrogen-bond donors (Lipinski definition) is 1. The quantitative estimate of drug-likeness (QED) is 0.705. The van der Waals surface area contributed by atoms with Gasteiger partial charge in [-0.05, 0) is 42.9 Å². The van der Waals surface area contributed by atoms with Crippen molar-refractivity contribution in [3.8, 4) is 0 Å². The summed E-state index contributed by atoms with van der Waals surface area (Å²) in [6.07, 6.45) is 3.73. The minimum atomic E-state index is 0.568. The molecular formula is C17H28BrN. The van der Waals surface area contributed by atoms with Gasteiger partial charge in [0.25, 0.3) is 0 Å². The summed E-state index contributed by atoms with van der Waals surface area (Å²) in [6.45, 7) is 10.2. The van der Waals surface area contributed by atoms with E-state index in [1.807, 2.05) is 0 Å². The number of rotatable bonds is 8. The second kappa shape index (κ2) is 8.76. The molecular weight excluding hydrogens is 298 g/mol. The van der Waals surface area contributed by atoms with Gasteiger partial charge < -0.3 is 5.32 Å². The van der Waals surface area contributed by atoms with Crippen LogP contribution in [0.15, 0.2) is 28.7 Å². The Hall–Kier alpha value is -0.340. The molecule has 1 aromatic carbocycles. The lowest BCUT2D eigenvalue weighted by Crippen LogP contribution is -2.30. The molecule has 0 fully saturated rings. The highest BCUT2D eigenvalue weighted by atomic mass is 79.9. The zero-order chi connectivity index (χ0) is 14.3. The zero-order valence-corrected chi connectivity index (χ0v) is 14.3. The van der Waals surface area contributed by atoms with Crippen LogP contribution in [-0.2, 0) is 6.42 Å². The van der Waals surface area contributed by atoms with Gasteiger partial charge in [-0.15, -0.1) is 0 Å². The Kier molecular flexibility index (Phi) is 7.70. The van der Waals surface area contributed by atoms with Crippen LogP contribution in [0.5, 0.6) is 0 Å². The van der Waals surface area contributed by atoms with Gasteiger partial charge in [-0.2, -0.15) is 0 Å². The van der Waals surface area contributed by atoms with E-state index in [0.717, 1.165) is 24.8 Å². The van der Waals surface area contributed by atoms with Gasteiger partial charge in [0.05, 0.1) is 0 Å². The molecule has 0 radical (unpaired) electrons. The average molecular weight is 326 g/mol. The van der Waals surface area contributed by atoms with Crippen LogP contribution in [0.3, 0.4) is 0 Å². The molecule has 2 atom stereocenters. The monoisotopic (exact) mass is 325 g/mol. The first kappa shape index (κ1) is 16.7. The molecule has 0 amide bonds. The van der Waals surface area contributed by atoms with Crippen molar-refractivity contribution in [1.82, 2.24) is 5.32 Å². The maximum absolute atomic E-state index is 3.67. The molecule has 1 aromatic rings. The molecule has 1 N–H and O–H groups in total. The second-order valence-corrected chi connectivity index (χ2v) is 6.83. The SMILES string of the molecule is CCC(C)CC(CNC(C)C)Cc1ccccc1Br. The number of benzene rings is 1. The predicted molar refractivity (Wildman–Crippen MR) is 88.5 cm³/mol. The second-order valence-electron chi connectivity index (χ2n) is 5.97. The third-order valence-corrected chi connectivity index (χ3v) is 4.49. The molecule has 0 saturated heterocycles. The summed E-state index contributed by atoms with van der Waals surface area (Å²) in [5, 5.41) is 3.60. The van der Waals surface area contributed by atoms with Gasteiger partial charge in [0.2, 0.25) is 0 Å². The van der Waals surface area contributed by atoms with E-state index in [-0.39, 0.29) is 0 Å². The fraction of sp³-hybridized carbons (Fsp3) is 0.647. The van der Waals surface area contributed by atoms with Crippen LogP contribution >= 0.6 is 15.9 Å². The molecule has 0 saturated carbocycles. The molecule has 0 heterocycles. The first-order chi connectivity index (χ1) is 9.02. The fourth-order valence-corrected chi connectivity index (χ4v) is 2.80. The lowest BCUT2D eigenvalue weighted by atomic mass is 9.89. The van der Waals surface area contributed by atoms with Crippen LogP contribution in [0.1, 0.15) is 46.1 Å². The van der Waals surface area contributed by atoms with Crippen LogP contribution in [0.25, 0.3) is 0 Å². The van der Waals surface area contributed by atoms with E-state index in [1.54, 1.807) is 0 Å². The van der Waals surface area contributed by atoms with Gasteiger partial charge in [0, 0.05) is 10.5 Å². The van der Waals surface area contributed by atoms with Crippen molar-refractivity contribution in [2.45, 2.75) is 53.0 Å². The minimum absolute atomic E-state index is 0.568. The summed E-state index contributed by atoms with van der Waals surface area (Å²) in [4.78, 5) is 0. The molecule has 0 spiro atoms. The van der Waals surface area contributed by atoms with Crippen LogP contribution in [0.4, 0.5) is 0 Å². The molecule has 0 aliphatic heterocycles. The summed E-state index contributed by atoms with van der Waals surface area (Å²) in [5.41, 5.74) is 1.43. The Labute approximate surface area is 127 Å². The van der Waals surface area contributed by atoms with E-state index >= 15 is 0 Å². The average Bonchev–Trinajstić information content (AvgIpc) is 2.38. The first-order valence-electron chi connectivity index (χ1n) is 7.49. The predicted octanol–water partition coefficient (Wildman–Crippen LogP) is 5.04. The van der Waals surface area contributed by atoms with E-state index in [4.69, 9.17) is 0 Å². The minimum Gasteiger partial charge on any atom is -0.314 e. The van der Waals surface area contributed by atoms with E-state index in [9.17, 15) is 0 Å². The lowest BCUT2D eigenvalue weighted by Gasteiger charge is -2.22. The maximum atomic E-state index is 3.67. The van der Waals surface area contributed by atoms with E-state index in [0.29, 0.717) is 6.04 Å². The Bertz CT molecular complexity index is 362. The molecule has 1 nitrogen and oxygen atoms in total. The summed E-state index contributed by atoms with van der Waals surface area (Å²) in [7, 11) is 0. The molecule has 19 heavy (non-hydrogen) atoms. The lowest BCUT2D eigenvalue weighted by molar-refractivity contribution is 0.353. The van der Waals surface area contributed by atoms with E-state index in [1.165, 1.54) is 22.9 Å². The molecule has 2 heteroatoms. The van der Waals surface area contributed by atoms with Gasteiger partial charge >= 0.3 is 0 Å². The van der Waals surface area contributed by atoms with Gasteiger partial charge in [-0.1, -0.05) is 68.2 Å². The van der Waals surface area contributed by atoms with Crippen molar-refractivity contribution < 1.29 is 0 Å². The van der Waals surface area contributed by atoms with Crippen molar-refractivity contribution in [3.05, 3.63) is 34.3 Å². The molecule has 0 aromatic heterocycles. The van der Waals surface area contributed by atoms with Crippen LogP contribution in [-0.4, -0.2) is 12.6 Å². The highest BCUT2D eigenvalue weighted by molar-refractivity contribution is 9.10. The van der Waals surface area contributed by atoms with Crippen LogP contribution in [0, 0.1) is 11.8 Å². The topological polar surface area (TPSA) is 12.0 Å². The molecule has 108 valence electrons. The summed E-state index contributed by atoms with van der Waals surface area (Å²) in [5.74, 6) is 1.53. The molecule has 0 aliphatic carbocycles. The van der Waals surface area contributed by atoms with E-state index < -0.39 is 0 Å². The summed E-state index contributed by atoms with van der Waals surface area (Å²) < 4.78 is 1.24. The standard InChI is InChI=1S/C17H28BrN/c1-5-14(4)10-15(12-19-13(2)3)11-16-8-6-7-9-17(16)18/h6-9,13-15,19H,5,10-12H2,1-4H3. The highest BCUT2D eigenvalue weighted by Gasteiger charge is 2.14. The number of hydrogen-bond acceptors (Lipinski definition) is 1. The fourth-order valence-electron chi connectivity index (χ4n) is 2.35. The Morgan fingerprint density at radius 2 is 1.84 bits per heavy atom. The van der Waals surface area contributed by atoms with Crippen molar-refractivity contribution in [3.63, 3.8) is 0 Å². The molecule has 2 unspecified atom stereocenters. The third-order valence-electron chi connectivity index (χ3n) is 3.71. The summed E-state index contributed by atoms with van der Waals surface area (Å²) >= 11 is 3.67.